The Kier molecular flexibility index (Phi) is 2.80. The van der Waals surface area contributed by atoms with Crippen LogP contribution in [0.25, 0.3) is 10.9 Å². The number of benzene rings is 1. The van der Waals surface area contributed by atoms with Crippen molar-refractivity contribution >= 4 is 10.9 Å². The molecule has 0 radical (unpaired) electrons. The van der Waals surface area contributed by atoms with Crippen LogP contribution < -0.4 is 0 Å². The smallest absolute Gasteiger partial charge is 0.257 e. The van der Waals surface area contributed by atoms with E-state index in [0.29, 0.717) is 5.92 Å². The average Bonchev–Trinajstić information content (AvgIpc) is 3.05. The van der Waals surface area contributed by atoms with Gasteiger partial charge in [-0.3, -0.25) is 4.68 Å². The van der Waals surface area contributed by atoms with Crippen LogP contribution >= 0.6 is 0 Å². The van der Waals surface area contributed by atoms with Gasteiger partial charge >= 0.3 is 0 Å². The number of rotatable bonds is 4. The van der Waals surface area contributed by atoms with Crippen molar-refractivity contribution < 1.29 is 8.78 Å². The maximum absolute atomic E-state index is 12.5. The van der Waals surface area contributed by atoms with Gasteiger partial charge in [-0.2, -0.15) is 5.10 Å². The number of nitrogens with zero attached hydrogens (tertiary/aromatic N) is 2. The van der Waals surface area contributed by atoms with Crippen LogP contribution in [0.5, 0.6) is 0 Å². The molecule has 0 aliphatic heterocycles. The van der Waals surface area contributed by atoms with E-state index in [2.05, 4.69) is 18.1 Å². The van der Waals surface area contributed by atoms with E-state index >= 15 is 0 Å². The summed E-state index contributed by atoms with van der Waals surface area (Å²) in [5.41, 5.74) is 2.10. The van der Waals surface area contributed by atoms with Crippen LogP contribution in [0.4, 0.5) is 8.78 Å². The van der Waals surface area contributed by atoms with Gasteiger partial charge in [0.25, 0.3) is 6.43 Å². The molecule has 0 N–H and O–H groups in total. The lowest BCUT2D eigenvalue weighted by Crippen LogP contribution is -2.07. The molecule has 2 nitrogen and oxygen atoms in total. The van der Waals surface area contributed by atoms with Crippen molar-refractivity contribution in [1.82, 2.24) is 9.78 Å². The maximum atomic E-state index is 12.5. The summed E-state index contributed by atoms with van der Waals surface area (Å²) in [7, 11) is 0. The predicted molar refractivity (Wildman–Crippen MR) is 66.9 cm³/mol. The van der Waals surface area contributed by atoms with Gasteiger partial charge in [-0.1, -0.05) is 25.5 Å². The van der Waals surface area contributed by atoms with Gasteiger partial charge in [0.2, 0.25) is 0 Å². The Balaban J connectivity index is 1.94. The molecule has 1 heterocycles. The highest BCUT2D eigenvalue weighted by Gasteiger charge is 2.36. The minimum Gasteiger partial charge on any atom is -0.259 e. The summed E-state index contributed by atoms with van der Waals surface area (Å²) in [6.07, 6.45) is 1.72. The van der Waals surface area contributed by atoms with Crippen LogP contribution in [0.1, 0.15) is 31.2 Å². The van der Waals surface area contributed by atoms with Gasteiger partial charge in [0, 0.05) is 5.39 Å². The standard InChI is InChI=1S/C14H16F2N2/c1-2-9-5-12(9)10-3-4-11-7-17-18(8-14(15)16)13(11)6-10/h3-4,6-7,9,12,14H,2,5,8H2,1H3/t9-,12-/m0/s1. The Morgan fingerprint density at radius 2 is 2.28 bits per heavy atom. The van der Waals surface area contributed by atoms with Crippen LogP contribution in [0.3, 0.4) is 0 Å². The Morgan fingerprint density at radius 1 is 1.44 bits per heavy atom. The van der Waals surface area contributed by atoms with Crippen molar-refractivity contribution in [2.75, 3.05) is 0 Å². The first-order valence-electron chi connectivity index (χ1n) is 6.42. The van der Waals surface area contributed by atoms with Crippen LogP contribution in [-0.2, 0) is 6.54 Å². The quantitative estimate of drug-likeness (QED) is 0.806. The summed E-state index contributed by atoms with van der Waals surface area (Å²) in [6, 6.07) is 6.13. The van der Waals surface area contributed by atoms with Crippen LogP contribution in [0, 0.1) is 5.92 Å². The fourth-order valence-electron chi connectivity index (χ4n) is 2.70. The lowest BCUT2D eigenvalue weighted by atomic mass is 10.1. The molecule has 2 atom stereocenters. The van der Waals surface area contributed by atoms with Gasteiger partial charge in [0.1, 0.15) is 6.54 Å². The summed E-state index contributed by atoms with van der Waals surface area (Å²) in [5.74, 6) is 1.39. The molecular formula is C14H16F2N2. The van der Waals surface area contributed by atoms with Crippen molar-refractivity contribution in [2.45, 2.75) is 38.7 Å². The van der Waals surface area contributed by atoms with E-state index in [4.69, 9.17) is 0 Å². The number of aromatic nitrogens is 2. The van der Waals surface area contributed by atoms with Crippen molar-refractivity contribution in [3.8, 4) is 0 Å². The predicted octanol–water partition coefficient (Wildman–Crippen LogP) is 3.81. The number of hydrogen-bond acceptors (Lipinski definition) is 1. The van der Waals surface area contributed by atoms with Gasteiger partial charge < -0.3 is 0 Å². The lowest BCUT2D eigenvalue weighted by Gasteiger charge is -2.04. The number of fused-ring (bicyclic) bond motifs is 1. The zero-order valence-corrected chi connectivity index (χ0v) is 10.3. The summed E-state index contributed by atoms with van der Waals surface area (Å²) in [4.78, 5) is 0. The maximum Gasteiger partial charge on any atom is 0.257 e. The molecule has 1 saturated carbocycles. The highest BCUT2D eigenvalue weighted by Crippen LogP contribution is 2.49. The summed E-state index contributed by atoms with van der Waals surface area (Å²) in [5, 5.41) is 4.97. The summed E-state index contributed by atoms with van der Waals surface area (Å²) in [6.45, 7) is 1.87. The number of hydrogen-bond donors (Lipinski definition) is 0. The van der Waals surface area contributed by atoms with E-state index in [1.54, 1.807) is 6.20 Å². The fourth-order valence-corrected chi connectivity index (χ4v) is 2.70. The molecule has 3 rings (SSSR count). The molecule has 0 saturated heterocycles. The van der Waals surface area contributed by atoms with Gasteiger partial charge in [-0.25, -0.2) is 8.78 Å². The molecular weight excluding hydrogens is 234 g/mol. The van der Waals surface area contributed by atoms with Gasteiger partial charge in [0.15, 0.2) is 0 Å². The normalized spacial score (nSPS) is 22.9. The third-order valence-electron chi connectivity index (χ3n) is 3.85. The highest BCUT2D eigenvalue weighted by molar-refractivity contribution is 5.79. The molecule has 1 aliphatic carbocycles. The van der Waals surface area contributed by atoms with E-state index in [1.807, 2.05) is 12.1 Å². The zero-order valence-electron chi connectivity index (χ0n) is 10.3. The zero-order chi connectivity index (χ0) is 12.7. The monoisotopic (exact) mass is 250 g/mol. The van der Waals surface area contributed by atoms with Crippen LogP contribution in [0.2, 0.25) is 0 Å². The van der Waals surface area contributed by atoms with E-state index < -0.39 is 6.43 Å². The van der Waals surface area contributed by atoms with Crippen LogP contribution in [0.15, 0.2) is 24.4 Å². The van der Waals surface area contributed by atoms with Gasteiger partial charge in [-0.05, 0) is 29.9 Å². The van der Waals surface area contributed by atoms with Crippen molar-refractivity contribution in [3.05, 3.63) is 30.0 Å². The Hall–Kier alpha value is -1.45. The first-order valence-corrected chi connectivity index (χ1v) is 6.42. The second-order valence-corrected chi connectivity index (χ2v) is 5.05. The molecule has 4 heteroatoms. The Morgan fingerprint density at radius 3 is 2.94 bits per heavy atom. The van der Waals surface area contributed by atoms with Crippen molar-refractivity contribution in [2.24, 2.45) is 5.92 Å². The topological polar surface area (TPSA) is 17.8 Å². The summed E-state index contributed by atoms with van der Waals surface area (Å²) >= 11 is 0. The van der Waals surface area contributed by atoms with E-state index in [-0.39, 0.29) is 6.54 Å². The molecule has 1 aromatic carbocycles. The fraction of sp³-hybridized carbons (Fsp3) is 0.500. The SMILES string of the molecule is CC[C@H]1C[C@@H]1c1ccc2cnn(CC(F)F)c2c1. The first kappa shape index (κ1) is 11.6. The van der Waals surface area contributed by atoms with E-state index in [0.717, 1.165) is 16.8 Å². The van der Waals surface area contributed by atoms with Gasteiger partial charge in [-0.15, -0.1) is 0 Å². The molecule has 1 aromatic heterocycles. The molecule has 2 aromatic rings. The van der Waals surface area contributed by atoms with Crippen LogP contribution in [-0.4, -0.2) is 16.2 Å². The molecule has 0 spiro atoms. The minimum atomic E-state index is -2.36. The second kappa shape index (κ2) is 4.34. The molecule has 1 fully saturated rings. The molecule has 1 aliphatic rings. The second-order valence-electron chi connectivity index (χ2n) is 5.05. The average molecular weight is 250 g/mol. The van der Waals surface area contributed by atoms with E-state index in [9.17, 15) is 8.78 Å². The van der Waals surface area contributed by atoms with Crippen molar-refractivity contribution in [3.63, 3.8) is 0 Å². The lowest BCUT2D eigenvalue weighted by molar-refractivity contribution is 0.123. The molecule has 0 amide bonds. The largest absolute Gasteiger partial charge is 0.259 e. The number of halogens is 2. The third-order valence-corrected chi connectivity index (χ3v) is 3.85. The first-order chi connectivity index (χ1) is 8.69. The Bertz CT molecular complexity index is 562. The number of alkyl halides is 2. The summed E-state index contributed by atoms with van der Waals surface area (Å²) < 4.78 is 26.3. The van der Waals surface area contributed by atoms with Crippen molar-refractivity contribution in [1.29, 1.82) is 0 Å². The van der Waals surface area contributed by atoms with Gasteiger partial charge in [0.05, 0.1) is 11.7 Å². The van der Waals surface area contributed by atoms with E-state index in [1.165, 1.54) is 23.1 Å². The highest BCUT2D eigenvalue weighted by atomic mass is 19.3. The third kappa shape index (κ3) is 2.00. The minimum absolute atomic E-state index is 0.325. The molecule has 0 bridgehead atoms. The molecule has 0 unspecified atom stereocenters. The molecule has 18 heavy (non-hydrogen) atoms. The molecule has 96 valence electrons. The Labute approximate surface area is 105 Å².